The number of hydrogen-bond acceptors (Lipinski definition) is 1. The van der Waals surface area contributed by atoms with Gasteiger partial charge in [-0.1, -0.05) is 49.4 Å². The van der Waals surface area contributed by atoms with Gasteiger partial charge >= 0.3 is 0 Å². The summed E-state index contributed by atoms with van der Waals surface area (Å²) in [5.41, 5.74) is 1.19. The van der Waals surface area contributed by atoms with Gasteiger partial charge in [0.25, 0.3) is 0 Å². The third-order valence-corrected chi connectivity index (χ3v) is 2.43. The minimum Gasteiger partial charge on any atom is -0.300 e. The molecule has 0 radical (unpaired) electrons. The highest BCUT2D eigenvalue weighted by atomic mass is 16.1. The maximum Gasteiger partial charge on any atom is 0.130 e. The largest absolute Gasteiger partial charge is 0.300 e. The van der Waals surface area contributed by atoms with Crippen molar-refractivity contribution in [1.29, 1.82) is 0 Å². The van der Waals surface area contributed by atoms with Crippen LogP contribution in [0.15, 0.2) is 36.4 Å². The zero-order valence-electron chi connectivity index (χ0n) is 9.44. The Morgan fingerprint density at radius 3 is 2.53 bits per heavy atom. The average Bonchev–Trinajstić information content (AvgIpc) is 2.25. The maximum absolute atomic E-state index is 11.0. The van der Waals surface area contributed by atoms with E-state index in [1.165, 1.54) is 5.56 Å². The van der Waals surface area contributed by atoms with Crippen molar-refractivity contribution >= 4 is 11.9 Å². The lowest BCUT2D eigenvalue weighted by Crippen LogP contribution is -2.01. The number of hydrogen-bond donors (Lipinski definition) is 0. The average molecular weight is 202 g/mol. The molecule has 0 amide bonds. The van der Waals surface area contributed by atoms with Gasteiger partial charge in [0.1, 0.15) is 5.78 Å². The first-order valence-corrected chi connectivity index (χ1v) is 5.45. The fraction of sp³-hybridized carbons (Fsp3) is 0.357. The van der Waals surface area contributed by atoms with Crippen LogP contribution in [0.25, 0.3) is 6.08 Å². The molecule has 1 atom stereocenters. The van der Waals surface area contributed by atoms with E-state index in [0.717, 1.165) is 6.42 Å². The standard InChI is InChI=1S/C14H18O/c1-3-13(11-12(2)15)9-10-14-7-5-4-6-8-14/h4-10,13H,3,11H2,1-2H3/b10-9+. The minimum absolute atomic E-state index is 0.263. The van der Waals surface area contributed by atoms with Crippen molar-refractivity contribution in [1.82, 2.24) is 0 Å². The summed E-state index contributed by atoms with van der Waals surface area (Å²) in [5, 5.41) is 0. The first-order chi connectivity index (χ1) is 7.22. The Morgan fingerprint density at radius 1 is 1.33 bits per heavy atom. The smallest absolute Gasteiger partial charge is 0.130 e. The van der Waals surface area contributed by atoms with E-state index in [1.807, 2.05) is 18.2 Å². The fourth-order valence-electron chi connectivity index (χ4n) is 1.53. The highest BCUT2D eigenvalue weighted by Gasteiger charge is 2.04. The number of carbonyl (C=O) groups excluding carboxylic acids is 1. The zero-order chi connectivity index (χ0) is 11.1. The van der Waals surface area contributed by atoms with Crippen molar-refractivity contribution in [3.8, 4) is 0 Å². The molecule has 1 nitrogen and oxygen atoms in total. The molecule has 0 aliphatic rings. The molecule has 0 fully saturated rings. The van der Waals surface area contributed by atoms with Gasteiger partial charge in [-0.3, -0.25) is 0 Å². The van der Waals surface area contributed by atoms with Gasteiger partial charge in [-0.25, -0.2) is 0 Å². The van der Waals surface area contributed by atoms with Crippen molar-refractivity contribution < 1.29 is 4.79 Å². The first kappa shape index (κ1) is 11.7. The molecule has 0 aliphatic heterocycles. The fourth-order valence-corrected chi connectivity index (χ4v) is 1.53. The number of benzene rings is 1. The predicted octanol–water partition coefficient (Wildman–Crippen LogP) is 3.71. The van der Waals surface area contributed by atoms with Gasteiger partial charge in [0.2, 0.25) is 0 Å². The molecule has 0 spiro atoms. The topological polar surface area (TPSA) is 17.1 Å². The van der Waals surface area contributed by atoms with Gasteiger partial charge in [-0.05, 0) is 24.8 Å². The van der Waals surface area contributed by atoms with Crippen molar-refractivity contribution in [2.24, 2.45) is 5.92 Å². The molecule has 15 heavy (non-hydrogen) atoms. The van der Waals surface area contributed by atoms with Crippen LogP contribution in [-0.4, -0.2) is 5.78 Å². The Morgan fingerprint density at radius 2 is 2.00 bits per heavy atom. The molecule has 1 rings (SSSR count). The third kappa shape index (κ3) is 4.59. The van der Waals surface area contributed by atoms with Gasteiger partial charge < -0.3 is 4.79 Å². The first-order valence-electron chi connectivity index (χ1n) is 5.45. The van der Waals surface area contributed by atoms with E-state index in [1.54, 1.807) is 6.92 Å². The summed E-state index contributed by atoms with van der Waals surface area (Å²) in [5.74, 6) is 0.641. The van der Waals surface area contributed by atoms with E-state index in [4.69, 9.17) is 0 Å². The number of Topliss-reactive ketones (excluding diaryl/α,β-unsaturated/α-hetero) is 1. The van der Waals surface area contributed by atoms with Crippen molar-refractivity contribution in [2.75, 3.05) is 0 Å². The molecule has 0 aromatic heterocycles. The van der Waals surface area contributed by atoms with Gasteiger partial charge in [0, 0.05) is 6.42 Å². The summed E-state index contributed by atoms with van der Waals surface area (Å²) in [6.45, 7) is 3.77. The lowest BCUT2D eigenvalue weighted by atomic mass is 9.99. The van der Waals surface area contributed by atoms with Gasteiger partial charge in [-0.2, -0.15) is 0 Å². The van der Waals surface area contributed by atoms with E-state index in [0.29, 0.717) is 12.3 Å². The molecule has 1 aromatic carbocycles. The second kappa shape index (κ2) is 6.18. The van der Waals surface area contributed by atoms with E-state index >= 15 is 0 Å². The molecule has 1 unspecified atom stereocenters. The predicted molar refractivity (Wildman–Crippen MR) is 64.6 cm³/mol. The van der Waals surface area contributed by atoms with Crippen LogP contribution in [0, 0.1) is 5.92 Å². The van der Waals surface area contributed by atoms with Crippen LogP contribution >= 0.6 is 0 Å². The highest BCUT2D eigenvalue weighted by molar-refractivity contribution is 5.76. The minimum atomic E-state index is 0.263. The van der Waals surface area contributed by atoms with Crippen LogP contribution < -0.4 is 0 Å². The summed E-state index contributed by atoms with van der Waals surface area (Å²) in [7, 11) is 0. The molecule has 0 saturated carbocycles. The zero-order valence-corrected chi connectivity index (χ0v) is 9.44. The molecule has 0 bridgehead atoms. The van der Waals surface area contributed by atoms with Crippen LogP contribution in [-0.2, 0) is 4.79 Å². The van der Waals surface area contributed by atoms with Crippen LogP contribution in [0.5, 0.6) is 0 Å². The van der Waals surface area contributed by atoms with E-state index < -0.39 is 0 Å². The van der Waals surface area contributed by atoms with E-state index in [9.17, 15) is 4.79 Å². The Balaban J connectivity index is 2.58. The molecule has 80 valence electrons. The Labute approximate surface area is 91.8 Å². The summed E-state index contributed by atoms with van der Waals surface area (Å²) in [6.07, 6.45) is 5.90. The van der Waals surface area contributed by atoms with Gasteiger partial charge in [0.15, 0.2) is 0 Å². The quantitative estimate of drug-likeness (QED) is 0.711. The molecular formula is C14H18O. The molecule has 1 heteroatoms. The van der Waals surface area contributed by atoms with Crippen LogP contribution in [0.4, 0.5) is 0 Å². The highest BCUT2D eigenvalue weighted by Crippen LogP contribution is 2.13. The molecule has 0 saturated heterocycles. The molecular weight excluding hydrogens is 184 g/mol. The lowest BCUT2D eigenvalue weighted by molar-refractivity contribution is -0.117. The number of carbonyl (C=O) groups is 1. The monoisotopic (exact) mass is 202 g/mol. The van der Waals surface area contributed by atoms with Crippen LogP contribution in [0.3, 0.4) is 0 Å². The number of allylic oxidation sites excluding steroid dienone is 1. The summed E-state index contributed by atoms with van der Waals surface area (Å²) in [6, 6.07) is 10.2. The number of rotatable bonds is 5. The molecule has 1 aromatic rings. The second-order valence-corrected chi connectivity index (χ2v) is 3.84. The van der Waals surface area contributed by atoms with E-state index in [2.05, 4.69) is 31.2 Å². The summed E-state index contributed by atoms with van der Waals surface area (Å²) >= 11 is 0. The maximum atomic E-state index is 11.0. The van der Waals surface area contributed by atoms with E-state index in [-0.39, 0.29) is 5.78 Å². The number of ketones is 1. The molecule has 0 aliphatic carbocycles. The van der Waals surface area contributed by atoms with Crippen LogP contribution in [0.2, 0.25) is 0 Å². The Kier molecular flexibility index (Phi) is 4.82. The van der Waals surface area contributed by atoms with Crippen molar-refractivity contribution in [3.05, 3.63) is 42.0 Å². The normalized spacial score (nSPS) is 12.9. The Hall–Kier alpha value is -1.37. The SMILES string of the molecule is CCC(/C=C/c1ccccc1)CC(C)=O. The third-order valence-electron chi connectivity index (χ3n) is 2.43. The lowest BCUT2D eigenvalue weighted by Gasteiger charge is -2.06. The summed E-state index contributed by atoms with van der Waals surface area (Å²) in [4.78, 5) is 11.0. The molecule has 0 N–H and O–H groups in total. The summed E-state index contributed by atoms with van der Waals surface area (Å²) < 4.78 is 0. The van der Waals surface area contributed by atoms with Gasteiger partial charge in [-0.15, -0.1) is 0 Å². The van der Waals surface area contributed by atoms with Gasteiger partial charge in [0.05, 0.1) is 0 Å². The molecule has 0 heterocycles. The van der Waals surface area contributed by atoms with Crippen molar-refractivity contribution in [2.45, 2.75) is 26.7 Å². The second-order valence-electron chi connectivity index (χ2n) is 3.84. The Bertz CT molecular complexity index is 324. The van der Waals surface area contributed by atoms with Crippen molar-refractivity contribution in [3.63, 3.8) is 0 Å². The van der Waals surface area contributed by atoms with Crippen LogP contribution in [0.1, 0.15) is 32.3 Å².